The Balaban J connectivity index is 2.14. The van der Waals surface area contributed by atoms with Crippen molar-refractivity contribution in [3.63, 3.8) is 0 Å². The molecule has 0 fully saturated rings. The Morgan fingerprint density at radius 2 is 1.65 bits per heavy atom. The SMILES string of the molecule is CCOC(CCNC(C)CCc1ccccc1)OCC. The van der Waals surface area contributed by atoms with Gasteiger partial charge in [-0.1, -0.05) is 30.3 Å². The number of hydrogen-bond acceptors (Lipinski definition) is 3. The molecule has 1 unspecified atom stereocenters. The van der Waals surface area contributed by atoms with Crippen molar-refractivity contribution in [3.8, 4) is 0 Å². The molecule has 0 aliphatic heterocycles. The standard InChI is InChI=1S/C17H29NO2/c1-4-19-17(20-5-2)13-14-18-15(3)11-12-16-9-7-6-8-10-16/h6-10,15,17-18H,4-5,11-14H2,1-3H3. The van der Waals surface area contributed by atoms with Gasteiger partial charge in [0, 0.05) is 32.2 Å². The van der Waals surface area contributed by atoms with Crippen LogP contribution in [0.2, 0.25) is 0 Å². The fourth-order valence-corrected chi connectivity index (χ4v) is 2.16. The van der Waals surface area contributed by atoms with Crippen LogP contribution in [-0.2, 0) is 15.9 Å². The molecule has 3 heteroatoms. The molecule has 0 saturated heterocycles. The molecule has 3 nitrogen and oxygen atoms in total. The van der Waals surface area contributed by atoms with Crippen LogP contribution in [0.4, 0.5) is 0 Å². The molecule has 0 heterocycles. The number of benzene rings is 1. The van der Waals surface area contributed by atoms with Crippen molar-refractivity contribution < 1.29 is 9.47 Å². The quantitative estimate of drug-likeness (QED) is 0.630. The molecule has 0 radical (unpaired) electrons. The van der Waals surface area contributed by atoms with E-state index in [1.54, 1.807) is 0 Å². The van der Waals surface area contributed by atoms with Crippen LogP contribution in [-0.4, -0.2) is 32.1 Å². The number of aryl methyl sites for hydroxylation is 1. The van der Waals surface area contributed by atoms with Crippen LogP contribution in [0, 0.1) is 0 Å². The van der Waals surface area contributed by atoms with Crippen molar-refractivity contribution in [1.29, 1.82) is 0 Å². The summed E-state index contributed by atoms with van der Waals surface area (Å²) in [4.78, 5) is 0. The van der Waals surface area contributed by atoms with Crippen molar-refractivity contribution >= 4 is 0 Å². The number of rotatable bonds is 11. The van der Waals surface area contributed by atoms with Gasteiger partial charge in [-0.15, -0.1) is 0 Å². The molecule has 1 N–H and O–H groups in total. The Kier molecular flexibility index (Phi) is 9.29. The van der Waals surface area contributed by atoms with Gasteiger partial charge >= 0.3 is 0 Å². The van der Waals surface area contributed by atoms with E-state index in [9.17, 15) is 0 Å². The predicted octanol–water partition coefficient (Wildman–Crippen LogP) is 3.39. The van der Waals surface area contributed by atoms with Crippen molar-refractivity contribution in [2.45, 2.75) is 52.4 Å². The van der Waals surface area contributed by atoms with E-state index in [-0.39, 0.29) is 6.29 Å². The lowest BCUT2D eigenvalue weighted by molar-refractivity contribution is -0.138. The van der Waals surface area contributed by atoms with E-state index in [0.717, 1.165) is 25.8 Å². The molecule has 1 rings (SSSR count). The fourth-order valence-electron chi connectivity index (χ4n) is 2.16. The lowest BCUT2D eigenvalue weighted by atomic mass is 10.1. The first-order valence-corrected chi connectivity index (χ1v) is 7.76. The molecule has 20 heavy (non-hydrogen) atoms. The van der Waals surface area contributed by atoms with Gasteiger partial charge in [0.2, 0.25) is 0 Å². The van der Waals surface area contributed by atoms with E-state index in [0.29, 0.717) is 19.3 Å². The molecule has 114 valence electrons. The fraction of sp³-hybridized carbons (Fsp3) is 0.647. The molecule has 0 aliphatic rings. The summed E-state index contributed by atoms with van der Waals surface area (Å²) < 4.78 is 11.1. The maximum Gasteiger partial charge on any atom is 0.158 e. The second-order valence-corrected chi connectivity index (χ2v) is 5.01. The minimum absolute atomic E-state index is 0.0705. The van der Waals surface area contributed by atoms with E-state index in [4.69, 9.17) is 9.47 Å². The highest BCUT2D eigenvalue weighted by Crippen LogP contribution is 2.05. The molecule has 0 aliphatic carbocycles. The summed E-state index contributed by atoms with van der Waals surface area (Å²) in [6.45, 7) is 8.58. The van der Waals surface area contributed by atoms with Crippen LogP contribution in [0.3, 0.4) is 0 Å². The Hall–Kier alpha value is -0.900. The third kappa shape index (κ3) is 7.63. The van der Waals surface area contributed by atoms with Gasteiger partial charge < -0.3 is 14.8 Å². The summed E-state index contributed by atoms with van der Waals surface area (Å²) in [5, 5.41) is 3.54. The number of hydrogen-bond donors (Lipinski definition) is 1. The van der Waals surface area contributed by atoms with Gasteiger partial charge in [0.1, 0.15) is 0 Å². The Morgan fingerprint density at radius 3 is 2.25 bits per heavy atom. The smallest absolute Gasteiger partial charge is 0.158 e. The second kappa shape index (κ2) is 10.8. The molecule has 1 aromatic carbocycles. The molecular weight excluding hydrogens is 250 g/mol. The third-order valence-corrected chi connectivity index (χ3v) is 3.29. The van der Waals surface area contributed by atoms with E-state index in [1.807, 2.05) is 13.8 Å². The third-order valence-electron chi connectivity index (χ3n) is 3.29. The summed E-state index contributed by atoms with van der Waals surface area (Å²) >= 11 is 0. The first-order chi connectivity index (χ1) is 9.76. The van der Waals surface area contributed by atoms with E-state index < -0.39 is 0 Å². The Labute approximate surface area is 123 Å². The lowest BCUT2D eigenvalue weighted by Gasteiger charge is -2.19. The van der Waals surface area contributed by atoms with E-state index in [2.05, 4.69) is 42.6 Å². The average molecular weight is 279 g/mol. The summed E-state index contributed by atoms with van der Waals surface area (Å²) in [7, 11) is 0. The summed E-state index contributed by atoms with van der Waals surface area (Å²) in [5.74, 6) is 0. The van der Waals surface area contributed by atoms with Crippen LogP contribution in [0.5, 0.6) is 0 Å². The van der Waals surface area contributed by atoms with Crippen LogP contribution < -0.4 is 5.32 Å². The lowest BCUT2D eigenvalue weighted by Crippen LogP contribution is -2.31. The topological polar surface area (TPSA) is 30.5 Å². The van der Waals surface area contributed by atoms with E-state index >= 15 is 0 Å². The Morgan fingerprint density at radius 1 is 1.00 bits per heavy atom. The molecule has 1 atom stereocenters. The molecule has 0 amide bonds. The van der Waals surface area contributed by atoms with Crippen molar-refractivity contribution in [3.05, 3.63) is 35.9 Å². The highest BCUT2D eigenvalue weighted by atomic mass is 16.7. The second-order valence-electron chi connectivity index (χ2n) is 5.01. The van der Waals surface area contributed by atoms with Crippen molar-refractivity contribution in [2.24, 2.45) is 0 Å². The average Bonchev–Trinajstić information content (AvgIpc) is 2.47. The van der Waals surface area contributed by atoms with Gasteiger partial charge in [-0.3, -0.25) is 0 Å². The van der Waals surface area contributed by atoms with Gasteiger partial charge in [0.05, 0.1) is 0 Å². The highest BCUT2D eigenvalue weighted by Gasteiger charge is 2.08. The monoisotopic (exact) mass is 279 g/mol. The minimum Gasteiger partial charge on any atom is -0.353 e. The van der Waals surface area contributed by atoms with Gasteiger partial charge in [-0.25, -0.2) is 0 Å². The zero-order chi connectivity index (χ0) is 14.6. The zero-order valence-electron chi connectivity index (χ0n) is 13.1. The van der Waals surface area contributed by atoms with E-state index in [1.165, 1.54) is 5.56 Å². The summed E-state index contributed by atoms with van der Waals surface area (Å²) in [6.07, 6.45) is 3.10. The van der Waals surface area contributed by atoms with Gasteiger partial charge in [0.25, 0.3) is 0 Å². The molecule has 0 bridgehead atoms. The number of ether oxygens (including phenoxy) is 2. The highest BCUT2D eigenvalue weighted by molar-refractivity contribution is 5.14. The zero-order valence-corrected chi connectivity index (χ0v) is 13.1. The Bertz CT molecular complexity index is 323. The maximum atomic E-state index is 5.53. The van der Waals surface area contributed by atoms with Crippen LogP contribution in [0.25, 0.3) is 0 Å². The molecule has 1 aromatic rings. The van der Waals surface area contributed by atoms with Crippen LogP contribution in [0.1, 0.15) is 39.2 Å². The van der Waals surface area contributed by atoms with Crippen LogP contribution >= 0.6 is 0 Å². The largest absolute Gasteiger partial charge is 0.353 e. The van der Waals surface area contributed by atoms with Crippen molar-refractivity contribution in [2.75, 3.05) is 19.8 Å². The first-order valence-electron chi connectivity index (χ1n) is 7.76. The maximum absolute atomic E-state index is 5.53. The van der Waals surface area contributed by atoms with Gasteiger partial charge in [0.15, 0.2) is 6.29 Å². The molecular formula is C17H29NO2. The normalized spacial score (nSPS) is 12.8. The number of nitrogens with one attached hydrogen (secondary N) is 1. The molecule has 0 spiro atoms. The minimum atomic E-state index is -0.0705. The van der Waals surface area contributed by atoms with Gasteiger partial charge in [-0.05, 0) is 39.2 Å². The van der Waals surface area contributed by atoms with Gasteiger partial charge in [-0.2, -0.15) is 0 Å². The van der Waals surface area contributed by atoms with Crippen molar-refractivity contribution in [1.82, 2.24) is 5.32 Å². The first kappa shape index (κ1) is 17.2. The van der Waals surface area contributed by atoms with Crippen LogP contribution in [0.15, 0.2) is 30.3 Å². The summed E-state index contributed by atoms with van der Waals surface area (Å²) in [6, 6.07) is 11.1. The summed E-state index contributed by atoms with van der Waals surface area (Å²) in [5.41, 5.74) is 1.41. The molecule has 0 saturated carbocycles. The molecule has 0 aromatic heterocycles. The predicted molar refractivity (Wildman–Crippen MR) is 83.9 cm³/mol.